The number of hydrogen-bond donors (Lipinski definition) is 0. The van der Waals surface area contributed by atoms with Gasteiger partial charge in [-0.25, -0.2) is 4.39 Å². The van der Waals surface area contributed by atoms with Crippen molar-refractivity contribution in [2.24, 2.45) is 5.92 Å². The number of carbonyl (C=O) groups excluding carboxylic acids is 1. The van der Waals surface area contributed by atoms with Gasteiger partial charge < -0.3 is 4.90 Å². The Labute approximate surface area is 119 Å². The average molecular weight is 335 g/mol. The molecule has 1 unspecified atom stereocenters. The van der Waals surface area contributed by atoms with E-state index in [9.17, 15) is 9.18 Å². The van der Waals surface area contributed by atoms with Gasteiger partial charge in [0.15, 0.2) is 5.82 Å². The van der Waals surface area contributed by atoms with Gasteiger partial charge in [-0.05, 0) is 30.9 Å². The number of halogens is 3. The van der Waals surface area contributed by atoms with E-state index >= 15 is 0 Å². The van der Waals surface area contributed by atoms with E-state index in [4.69, 9.17) is 11.6 Å². The van der Waals surface area contributed by atoms with Crippen molar-refractivity contribution in [3.63, 3.8) is 0 Å². The Hall–Kier alpha value is -0.610. The van der Waals surface area contributed by atoms with Crippen molar-refractivity contribution in [3.05, 3.63) is 34.6 Å². The Kier molecular flexibility index (Phi) is 4.62. The van der Waals surface area contributed by atoms with E-state index in [1.165, 1.54) is 12.1 Å². The maximum absolute atomic E-state index is 13.8. The van der Waals surface area contributed by atoms with Gasteiger partial charge in [0, 0.05) is 18.4 Å². The van der Waals surface area contributed by atoms with Gasteiger partial charge in [-0.1, -0.05) is 33.6 Å². The number of nitrogens with zero attached hydrogens (tertiary/aromatic N) is 1. The van der Waals surface area contributed by atoms with Crippen LogP contribution in [0.15, 0.2) is 18.2 Å². The summed E-state index contributed by atoms with van der Waals surface area (Å²) in [5, 5.41) is 0.865. The topological polar surface area (TPSA) is 20.3 Å². The van der Waals surface area contributed by atoms with E-state index in [-0.39, 0.29) is 16.5 Å². The molecule has 1 heterocycles. The van der Waals surface area contributed by atoms with Crippen molar-refractivity contribution < 1.29 is 9.18 Å². The zero-order valence-corrected chi connectivity index (χ0v) is 12.2. The molecule has 0 bridgehead atoms. The van der Waals surface area contributed by atoms with Gasteiger partial charge in [-0.3, -0.25) is 4.79 Å². The molecular formula is C13H14BrClFNO. The van der Waals surface area contributed by atoms with Gasteiger partial charge in [0.1, 0.15) is 0 Å². The fourth-order valence-electron chi connectivity index (χ4n) is 2.21. The second kappa shape index (κ2) is 6.02. The summed E-state index contributed by atoms with van der Waals surface area (Å²) in [5.74, 6) is -0.435. The second-order valence-electron chi connectivity index (χ2n) is 4.52. The highest BCUT2D eigenvalue weighted by atomic mass is 79.9. The third kappa shape index (κ3) is 2.86. The van der Waals surface area contributed by atoms with Crippen LogP contribution >= 0.6 is 27.5 Å². The molecule has 1 saturated heterocycles. The molecule has 2 rings (SSSR count). The summed E-state index contributed by atoms with van der Waals surface area (Å²) in [7, 11) is 0. The van der Waals surface area contributed by atoms with E-state index in [0.29, 0.717) is 19.0 Å². The van der Waals surface area contributed by atoms with Gasteiger partial charge in [0.2, 0.25) is 0 Å². The Balaban J connectivity index is 2.18. The summed E-state index contributed by atoms with van der Waals surface area (Å²) in [6.07, 6.45) is 2.07. The molecule has 5 heteroatoms. The number of rotatable bonds is 2. The molecule has 1 atom stereocenters. The standard InChI is InChI=1S/C13H14BrClFNO/c14-7-9-3-2-6-17(8-9)13(18)10-4-1-5-11(15)12(10)16/h1,4-5,9H,2-3,6-8H2. The van der Waals surface area contributed by atoms with Crippen LogP contribution in [0.5, 0.6) is 0 Å². The van der Waals surface area contributed by atoms with Gasteiger partial charge in [-0.15, -0.1) is 0 Å². The van der Waals surface area contributed by atoms with Gasteiger partial charge in [0.05, 0.1) is 10.6 Å². The lowest BCUT2D eigenvalue weighted by atomic mass is 9.99. The summed E-state index contributed by atoms with van der Waals surface area (Å²) in [6.45, 7) is 1.37. The highest BCUT2D eigenvalue weighted by Gasteiger charge is 2.25. The highest BCUT2D eigenvalue weighted by molar-refractivity contribution is 9.09. The molecular weight excluding hydrogens is 321 g/mol. The third-order valence-electron chi connectivity index (χ3n) is 3.21. The van der Waals surface area contributed by atoms with Crippen molar-refractivity contribution in [1.82, 2.24) is 4.90 Å². The molecule has 1 amide bonds. The van der Waals surface area contributed by atoms with Gasteiger partial charge in [0.25, 0.3) is 5.91 Å². The second-order valence-corrected chi connectivity index (χ2v) is 5.57. The minimum absolute atomic E-state index is 0.00472. The smallest absolute Gasteiger partial charge is 0.256 e. The van der Waals surface area contributed by atoms with E-state index in [1.54, 1.807) is 11.0 Å². The van der Waals surface area contributed by atoms with E-state index in [2.05, 4.69) is 15.9 Å². The van der Waals surface area contributed by atoms with Crippen molar-refractivity contribution in [2.45, 2.75) is 12.8 Å². The maximum atomic E-state index is 13.8. The minimum atomic E-state index is -0.620. The van der Waals surface area contributed by atoms with Crippen molar-refractivity contribution in [3.8, 4) is 0 Å². The summed E-state index contributed by atoms with van der Waals surface area (Å²) in [5.41, 5.74) is 0.0673. The molecule has 0 N–H and O–H groups in total. The van der Waals surface area contributed by atoms with Crippen molar-refractivity contribution >= 4 is 33.4 Å². The maximum Gasteiger partial charge on any atom is 0.256 e. The van der Waals surface area contributed by atoms with Crippen molar-refractivity contribution in [1.29, 1.82) is 0 Å². The molecule has 1 fully saturated rings. The first kappa shape index (κ1) is 13.8. The lowest BCUT2D eigenvalue weighted by Gasteiger charge is -2.32. The molecule has 18 heavy (non-hydrogen) atoms. The zero-order valence-electron chi connectivity index (χ0n) is 9.83. The van der Waals surface area contributed by atoms with Crippen LogP contribution in [0.3, 0.4) is 0 Å². The molecule has 0 aromatic heterocycles. The van der Waals surface area contributed by atoms with Crippen molar-refractivity contribution in [2.75, 3.05) is 18.4 Å². The first-order valence-electron chi connectivity index (χ1n) is 5.92. The van der Waals surface area contributed by atoms with Crippen LogP contribution in [-0.2, 0) is 0 Å². The molecule has 2 nitrogen and oxygen atoms in total. The normalized spacial score (nSPS) is 19.9. The molecule has 98 valence electrons. The molecule has 0 spiro atoms. The van der Waals surface area contributed by atoms with Gasteiger partial charge in [-0.2, -0.15) is 0 Å². The molecule has 1 aliphatic rings. The number of benzene rings is 1. The number of alkyl halides is 1. The molecule has 0 radical (unpaired) electrons. The Morgan fingerprint density at radius 2 is 2.33 bits per heavy atom. The zero-order chi connectivity index (χ0) is 13.1. The lowest BCUT2D eigenvalue weighted by Crippen LogP contribution is -2.40. The molecule has 0 aliphatic carbocycles. The summed E-state index contributed by atoms with van der Waals surface area (Å²) in [4.78, 5) is 14.0. The third-order valence-corrected chi connectivity index (χ3v) is 4.41. The largest absolute Gasteiger partial charge is 0.338 e. The van der Waals surface area contributed by atoms with Crippen LogP contribution < -0.4 is 0 Å². The number of carbonyl (C=O) groups is 1. The van der Waals surface area contributed by atoms with Crippen LogP contribution in [0.1, 0.15) is 23.2 Å². The summed E-state index contributed by atoms with van der Waals surface area (Å²) >= 11 is 9.14. The van der Waals surface area contributed by atoms with Crippen LogP contribution in [0, 0.1) is 11.7 Å². The lowest BCUT2D eigenvalue weighted by molar-refractivity contribution is 0.0681. The van der Waals surface area contributed by atoms with Crippen LogP contribution in [-0.4, -0.2) is 29.2 Å². The predicted molar refractivity (Wildman–Crippen MR) is 73.8 cm³/mol. The number of hydrogen-bond acceptors (Lipinski definition) is 1. The van der Waals surface area contributed by atoms with E-state index < -0.39 is 5.82 Å². The fraction of sp³-hybridized carbons (Fsp3) is 0.462. The van der Waals surface area contributed by atoms with E-state index in [0.717, 1.165) is 18.2 Å². The van der Waals surface area contributed by atoms with Gasteiger partial charge >= 0.3 is 0 Å². The predicted octanol–water partition coefficient (Wildman–Crippen LogP) is 3.73. The van der Waals surface area contributed by atoms with Crippen LogP contribution in [0.25, 0.3) is 0 Å². The van der Waals surface area contributed by atoms with Crippen LogP contribution in [0.4, 0.5) is 4.39 Å². The van der Waals surface area contributed by atoms with E-state index in [1.807, 2.05) is 0 Å². The highest BCUT2D eigenvalue weighted by Crippen LogP contribution is 2.23. The molecule has 0 saturated carbocycles. The Bertz CT molecular complexity index is 455. The number of amides is 1. The Morgan fingerprint density at radius 1 is 1.56 bits per heavy atom. The molecule has 1 aromatic rings. The molecule has 1 aliphatic heterocycles. The quantitative estimate of drug-likeness (QED) is 0.755. The summed E-state index contributed by atoms with van der Waals surface area (Å²) < 4.78 is 13.8. The SMILES string of the molecule is O=C(c1cccc(Cl)c1F)N1CCCC(CBr)C1. The first-order chi connectivity index (χ1) is 8.63. The minimum Gasteiger partial charge on any atom is -0.338 e. The van der Waals surface area contributed by atoms with Crippen LogP contribution in [0.2, 0.25) is 5.02 Å². The first-order valence-corrected chi connectivity index (χ1v) is 7.42. The summed E-state index contributed by atoms with van der Waals surface area (Å²) in [6, 6.07) is 4.54. The Morgan fingerprint density at radius 3 is 3.06 bits per heavy atom. The fourth-order valence-corrected chi connectivity index (χ4v) is 2.92. The monoisotopic (exact) mass is 333 g/mol. The molecule has 1 aromatic carbocycles. The average Bonchev–Trinajstić information content (AvgIpc) is 2.41. The number of piperidine rings is 1. The number of likely N-dealkylation sites (tertiary alicyclic amines) is 1.